The molecule has 0 aliphatic carbocycles. The highest BCUT2D eigenvalue weighted by Gasteiger charge is 2.28. The third-order valence-corrected chi connectivity index (χ3v) is 6.84. The van der Waals surface area contributed by atoms with Crippen molar-refractivity contribution in [2.45, 2.75) is 30.2 Å². The number of benzene rings is 1. The van der Waals surface area contributed by atoms with Gasteiger partial charge in [-0.3, -0.25) is 9.20 Å². The summed E-state index contributed by atoms with van der Waals surface area (Å²) in [5.41, 5.74) is 7.57. The highest BCUT2D eigenvalue weighted by Crippen LogP contribution is 2.27. The van der Waals surface area contributed by atoms with Crippen molar-refractivity contribution in [3.63, 3.8) is 0 Å². The molecule has 4 rings (SSSR count). The van der Waals surface area contributed by atoms with Gasteiger partial charge in [0.05, 0.1) is 11.4 Å². The predicted octanol–water partition coefficient (Wildman–Crippen LogP) is 2.53. The average Bonchev–Trinajstić information content (AvgIpc) is 2.69. The van der Waals surface area contributed by atoms with E-state index in [2.05, 4.69) is 4.98 Å². The van der Waals surface area contributed by atoms with Gasteiger partial charge in [-0.2, -0.15) is 0 Å². The van der Waals surface area contributed by atoms with Crippen molar-refractivity contribution in [2.24, 2.45) is 0 Å². The van der Waals surface area contributed by atoms with Crippen LogP contribution in [-0.2, 0) is 16.4 Å². The number of aryl methyl sites for hydroxylation is 2. The molecule has 0 amide bonds. The van der Waals surface area contributed by atoms with Crippen molar-refractivity contribution in [3.05, 3.63) is 69.6 Å². The Kier molecular flexibility index (Phi) is 4.55. The van der Waals surface area contributed by atoms with Gasteiger partial charge in [-0.1, -0.05) is 22.7 Å². The van der Waals surface area contributed by atoms with E-state index in [-0.39, 0.29) is 26.6 Å². The van der Waals surface area contributed by atoms with Crippen molar-refractivity contribution >= 4 is 43.9 Å². The maximum Gasteiger partial charge on any atom is 0.278 e. The maximum atomic E-state index is 13.2. The number of anilines is 1. The lowest BCUT2D eigenvalue weighted by molar-refractivity contribution is -0.656. The molecule has 0 unspecified atom stereocenters. The number of hydrogen-bond donors (Lipinski definition) is 1. The lowest BCUT2D eigenvalue weighted by atomic mass is 10.2. The van der Waals surface area contributed by atoms with Crippen molar-refractivity contribution in [3.8, 4) is 0 Å². The molecule has 1 aromatic carbocycles. The molecule has 4 aromatic rings. The first kappa shape index (κ1) is 19.4. The van der Waals surface area contributed by atoms with Crippen LogP contribution in [-0.4, -0.2) is 17.8 Å². The van der Waals surface area contributed by atoms with Crippen LogP contribution in [0.5, 0.6) is 0 Å². The number of fused-ring (bicyclic) bond motifs is 2. The molecule has 3 aromatic heterocycles. The van der Waals surface area contributed by atoms with Crippen LogP contribution < -0.4 is 15.9 Å². The number of halogens is 1. The molecule has 0 atom stereocenters. The van der Waals surface area contributed by atoms with Crippen LogP contribution in [0.1, 0.15) is 12.5 Å². The van der Waals surface area contributed by atoms with E-state index in [1.54, 1.807) is 16.8 Å². The highest BCUT2D eigenvalue weighted by atomic mass is 35.5. The molecule has 0 fully saturated rings. The van der Waals surface area contributed by atoms with Crippen LogP contribution in [0, 0.1) is 6.92 Å². The normalized spacial score (nSPS) is 12.0. The number of aromatic nitrogens is 3. The maximum absolute atomic E-state index is 13.2. The number of pyridine rings is 2. The minimum absolute atomic E-state index is 0.0262. The lowest BCUT2D eigenvalue weighted by Gasteiger charge is -2.11. The molecule has 7 nitrogen and oxygen atoms in total. The second-order valence-electron chi connectivity index (χ2n) is 6.68. The average molecular weight is 430 g/mol. The minimum atomic E-state index is -3.97. The number of nitrogen functional groups attached to an aromatic ring is 1. The summed E-state index contributed by atoms with van der Waals surface area (Å²) in [7, 11) is -3.97. The van der Waals surface area contributed by atoms with Gasteiger partial charge in [-0.15, -0.1) is 0 Å². The van der Waals surface area contributed by atoms with E-state index in [1.807, 2.05) is 19.9 Å². The fraction of sp³-hybridized carbons (Fsp3) is 0.150. The standard InChI is InChI=1S/C20H17ClN4O3S/c1-3-24-18(22)16(29(27,28)14-7-5-13(21)6-8-14)10-15-19(24)23-17-9-4-12(2)11-25(17)20(15)26/h4-11,22H,3H2,1-2H3/p+1. The molecule has 0 spiro atoms. The van der Waals surface area contributed by atoms with Crippen LogP contribution in [0.4, 0.5) is 5.82 Å². The molecular weight excluding hydrogens is 412 g/mol. The predicted molar refractivity (Wildman–Crippen MR) is 111 cm³/mol. The summed E-state index contributed by atoms with van der Waals surface area (Å²) >= 11 is 5.88. The molecular formula is C20H18ClN4O3S+. The summed E-state index contributed by atoms with van der Waals surface area (Å²) in [5, 5.41) is 0.597. The molecule has 3 heterocycles. The van der Waals surface area contributed by atoms with Gasteiger partial charge in [0.2, 0.25) is 21.3 Å². The Balaban J connectivity index is 2.12. The Morgan fingerprint density at radius 3 is 2.52 bits per heavy atom. The van der Waals surface area contributed by atoms with E-state index in [9.17, 15) is 13.2 Å². The fourth-order valence-electron chi connectivity index (χ4n) is 3.31. The van der Waals surface area contributed by atoms with Gasteiger partial charge < -0.3 is 5.73 Å². The SMILES string of the molecule is CC[n+]1c(N)c(S(=O)(=O)c2ccc(Cl)cc2)cc2c(=O)n3cc(C)ccc3nc21. The monoisotopic (exact) mass is 429 g/mol. The van der Waals surface area contributed by atoms with Crippen LogP contribution in [0.2, 0.25) is 5.02 Å². The number of nitrogens with zero attached hydrogens (tertiary/aromatic N) is 3. The topological polar surface area (TPSA) is 98.4 Å². The summed E-state index contributed by atoms with van der Waals surface area (Å²) < 4.78 is 29.4. The van der Waals surface area contributed by atoms with E-state index < -0.39 is 9.84 Å². The van der Waals surface area contributed by atoms with Crippen molar-refractivity contribution < 1.29 is 13.0 Å². The number of nitrogens with two attached hydrogens (primary N) is 1. The summed E-state index contributed by atoms with van der Waals surface area (Å²) in [5.74, 6) is 0.0262. The van der Waals surface area contributed by atoms with Crippen molar-refractivity contribution in [1.82, 2.24) is 9.38 Å². The molecule has 9 heteroatoms. The van der Waals surface area contributed by atoms with Gasteiger partial charge in [-0.05, 0) is 55.8 Å². The Morgan fingerprint density at radius 1 is 1.17 bits per heavy atom. The molecule has 0 aliphatic heterocycles. The Morgan fingerprint density at radius 2 is 1.86 bits per heavy atom. The van der Waals surface area contributed by atoms with Gasteiger partial charge in [0.25, 0.3) is 11.2 Å². The zero-order valence-corrected chi connectivity index (χ0v) is 17.3. The van der Waals surface area contributed by atoms with Gasteiger partial charge in [0, 0.05) is 11.2 Å². The molecule has 148 valence electrons. The van der Waals surface area contributed by atoms with Gasteiger partial charge in [0.1, 0.15) is 10.3 Å². The summed E-state index contributed by atoms with van der Waals surface area (Å²) in [6.07, 6.45) is 1.67. The van der Waals surface area contributed by atoms with E-state index in [1.165, 1.54) is 34.7 Å². The highest BCUT2D eigenvalue weighted by molar-refractivity contribution is 7.91. The second-order valence-corrected chi connectivity index (χ2v) is 9.04. The summed E-state index contributed by atoms with van der Waals surface area (Å²) in [6.45, 7) is 4.02. The van der Waals surface area contributed by atoms with Crippen LogP contribution >= 0.6 is 11.6 Å². The van der Waals surface area contributed by atoms with Crippen molar-refractivity contribution in [2.75, 3.05) is 5.73 Å². The van der Waals surface area contributed by atoms with Crippen LogP contribution in [0.25, 0.3) is 16.7 Å². The molecule has 0 saturated heterocycles. The number of hydrogen-bond acceptors (Lipinski definition) is 5. The third-order valence-electron chi connectivity index (χ3n) is 4.79. The Bertz CT molecular complexity index is 1450. The largest absolute Gasteiger partial charge is 0.317 e. The van der Waals surface area contributed by atoms with E-state index in [4.69, 9.17) is 17.3 Å². The summed E-state index contributed by atoms with van der Waals surface area (Å²) in [4.78, 5) is 17.6. The third kappa shape index (κ3) is 3.04. The zero-order chi connectivity index (χ0) is 20.9. The van der Waals surface area contributed by atoms with Crippen LogP contribution in [0.15, 0.2) is 63.2 Å². The molecule has 0 bridgehead atoms. The van der Waals surface area contributed by atoms with Crippen molar-refractivity contribution in [1.29, 1.82) is 0 Å². The Labute approximate surface area is 171 Å². The molecule has 0 saturated carbocycles. The quantitative estimate of drug-likeness (QED) is 0.398. The van der Waals surface area contributed by atoms with E-state index in [0.29, 0.717) is 22.9 Å². The first-order valence-corrected chi connectivity index (χ1v) is 10.8. The van der Waals surface area contributed by atoms with E-state index >= 15 is 0 Å². The minimum Gasteiger partial charge on any atom is -0.317 e. The molecule has 2 N–H and O–H groups in total. The van der Waals surface area contributed by atoms with Gasteiger partial charge in [-0.25, -0.2) is 13.0 Å². The van der Waals surface area contributed by atoms with Gasteiger partial charge in [0.15, 0.2) is 0 Å². The Hall–Kier alpha value is -2.97. The second kappa shape index (κ2) is 6.82. The smallest absolute Gasteiger partial charge is 0.278 e. The first-order chi connectivity index (χ1) is 13.7. The summed E-state index contributed by atoms with van der Waals surface area (Å²) in [6, 6.07) is 10.7. The lowest BCUT2D eigenvalue weighted by Crippen LogP contribution is -2.40. The number of rotatable bonds is 3. The molecule has 29 heavy (non-hydrogen) atoms. The van der Waals surface area contributed by atoms with Gasteiger partial charge >= 0.3 is 0 Å². The molecule has 0 radical (unpaired) electrons. The zero-order valence-electron chi connectivity index (χ0n) is 15.8. The first-order valence-electron chi connectivity index (χ1n) is 8.89. The fourth-order valence-corrected chi connectivity index (χ4v) is 4.84. The molecule has 0 aliphatic rings. The van der Waals surface area contributed by atoms with Crippen LogP contribution in [0.3, 0.4) is 0 Å². The van der Waals surface area contributed by atoms with E-state index in [0.717, 1.165) is 5.56 Å². The number of sulfone groups is 1.